The number of carbonyl (C=O) groups excluding carboxylic acids is 1. The lowest BCUT2D eigenvalue weighted by molar-refractivity contribution is -0.131. The van der Waals surface area contributed by atoms with E-state index in [9.17, 15) is 9.18 Å². The summed E-state index contributed by atoms with van der Waals surface area (Å²) in [6.45, 7) is 12.6. The summed E-state index contributed by atoms with van der Waals surface area (Å²) >= 11 is 0. The molecule has 0 bridgehead atoms. The van der Waals surface area contributed by atoms with E-state index < -0.39 is 5.60 Å². The molecule has 6 heteroatoms. The van der Waals surface area contributed by atoms with E-state index in [0.717, 1.165) is 12.8 Å². The van der Waals surface area contributed by atoms with Gasteiger partial charge in [-0.2, -0.15) is 0 Å². The van der Waals surface area contributed by atoms with Crippen LogP contribution in [0, 0.1) is 0 Å². The fourth-order valence-electron chi connectivity index (χ4n) is 3.23. The van der Waals surface area contributed by atoms with Gasteiger partial charge in [-0.25, -0.2) is 4.39 Å². The topological polar surface area (TPSA) is 48.0 Å². The summed E-state index contributed by atoms with van der Waals surface area (Å²) in [5.74, 6) is -0.104. The molecule has 2 unspecified atom stereocenters. The minimum Gasteiger partial charge on any atom is -0.382 e. The van der Waals surface area contributed by atoms with E-state index in [1.54, 1.807) is 25.2 Å². The van der Waals surface area contributed by atoms with Crippen LogP contribution in [-0.4, -0.2) is 56.0 Å². The molecule has 0 saturated carbocycles. The van der Waals surface area contributed by atoms with Crippen molar-refractivity contribution in [2.24, 2.45) is 0 Å². The van der Waals surface area contributed by atoms with Gasteiger partial charge in [0.1, 0.15) is 5.83 Å². The van der Waals surface area contributed by atoms with E-state index in [1.165, 1.54) is 0 Å². The van der Waals surface area contributed by atoms with Crippen LogP contribution in [-0.2, 0) is 19.0 Å². The molecule has 2 atom stereocenters. The van der Waals surface area contributed by atoms with Crippen LogP contribution in [0.5, 0.6) is 0 Å². The summed E-state index contributed by atoms with van der Waals surface area (Å²) in [5.41, 5.74) is 0.779. The first-order chi connectivity index (χ1) is 13.1. The molecule has 1 heterocycles. The molecule has 0 aromatic heterocycles. The van der Waals surface area contributed by atoms with Crippen molar-refractivity contribution in [2.45, 2.75) is 70.6 Å². The van der Waals surface area contributed by atoms with Crippen LogP contribution in [0.3, 0.4) is 0 Å². The monoisotopic (exact) mass is 397 g/mol. The van der Waals surface area contributed by atoms with E-state index >= 15 is 0 Å². The Morgan fingerprint density at radius 1 is 1.39 bits per heavy atom. The molecule has 160 valence electrons. The average Bonchev–Trinajstić information content (AvgIpc) is 2.61. The number of likely N-dealkylation sites (tertiary alicyclic amines) is 1. The van der Waals surface area contributed by atoms with Crippen LogP contribution in [0.1, 0.15) is 53.4 Å². The lowest BCUT2D eigenvalue weighted by atomic mass is 9.85. The Morgan fingerprint density at radius 2 is 2.04 bits per heavy atom. The molecule has 2 aliphatic rings. The molecule has 1 amide bonds. The van der Waals surface area contributed by atoms with Gasteiger partial charge in [0, 0.05) is 44.4 Å². The first-order valence-electron chi connectivity index (χ1n) is 9.71. The van der Waals surface area contributed by atoms with E-state index in [4.69, 9.17) is 14.2 Å². The van der Waals surface area contributed by atoms with Crippen LogP contribution in [0.4, 0.5) is 4.39 Å². The Labute approximate surface area is 169 Å². The summed E-state index contributed by atoms with van der Waals surface area (Å²) in [5, 5.41) is 0. The lowest BCUT2D eigenvalue weighted by Gasteiger charge is -2.45. The summed E-state index contributed by atoms with van der Waals surface area (Å²) in [6.07, 6.45) is 6.87. The molecule has 2 rings (SSSR count). The zero-order chi connectivity index (χ0) is 21.4. The number of nitrogens with zero attached hydrogens (tertiary/aromatic N) is 1. The molecular weight excluding hydrogens is 361 g/mol. The van der Waals surface area contributed by atoms with Gasteiger partial charge in [-0.1, -0.05) is 18.7 Å². The van der Waals surface area contributed by atoms with Gasteiger partial charge in [0.05, 0.1) is 24.4 Å². The third-order valence-corrected chi connectivity index (χ3v) is 4.90. The minimum atomic E-state index is -0.566. The molecule has 28 heavy (non-hydrogen) atoms. The Kier molecular flexibility index (Phi) is 9.54. The normalized spacial score (nSPS) is 25.5. The van der Waals surface area contributed by atoms with E-state index in [0.29, 0.717) is 37.1 Å². The van der Waals surface area contributed by atoms with E-state index in [2.05, 4.69) is 6.58 Å². The first-order valence-corrected chi connectivity index (χ1v) is 9.71. The van der Waals surface area contributed by atoms with Crippen molar-refractivity contribution in [3.05, 3.63) is 35.8 Å². The molecule has 1 aliphatic heterocycles. The number of hydrogen-bond acceptors (Lipinski definition) is 4. The molecule has 1 fully saturated rings. The predicted molar refractivity (Wildman–Crippen MR) is 110 cm³/mol. The van der Waals surface area contributed by atoms with Gasteiger partial charge in [-0.3, -0.25) is 4.79 Å². The second-order valence-corrected chi connectivity index (χ2v) is 8.40. The van der Waals surface area contributed by atoms with Gasteiger partial charge in [0.25, 0.3) is 0 Å². The molecule has 5 nitrogen and oxygen atoms in total. The quantitative estimate of drug-likeness (QED) is 0.617. The van der Waals surface area contributed by atoms with Crippen molar-refractivity contribution in [3.63, 3.8) is 0 Å². The third-order valence-electron chi connectivity index (χ3n) is 4.90. The van der Waals surface area contributed by atoms with E-state index in [1.807, 2.05) is 33.8 Å². The fraction of sp³-hybridized carbons (Fsp3) is 0.682. The summed E-state index contributed by atoms with van der Waals surface area (Å²) in [7, 11) is 3.32. The average molecular weight is 398 g/mol. The predicted octanol–water partition coefficient (Wildman–Crippen LogP) is 4.55. The van der Waals surface area contributed by atoms with Crippen molar-refractivity contribution in [1.29, 1.82) is 0 Å². The summed E-state index contributed by atoms with van der Waals surface area (Å²) < 4.78 is 30.2. The third kappa shape index (κ3) is 7.49. The Bertz CT molecular complexity index is 594. The second kappa shape index (κ2) is 10.9. The van der Waals surface area contributed by atoms with Crippen LogP contribution in [0.25, 0.3) is 0 Å². The van der Waals surface area contributed by atoms with Gasteiger partial charge in [0.2, 0.25) is 6.41 Å². The standard InChI is InChI=1S/C17H24FNO3.C5H12O/c1-13-8-17(11-21-3,9-14(2)19(13)12-20)22-10-15-6-4-5-7-16(15)18;1-5(2,3)6-4/h4,6,12,14H,1,5,7-11H2,2-3H3;1-4H3. The second-order valence-electron chi connectivity index (χ2n) is 8.40. The first kappa shape index (κ1) is 24.5. The largest absolute Gasteiger partial charge is 0.382 e. The Morgan fingerprint density at radius 3 is 2.50 bits per heavy atom. The number of ether oxygens (including phenoxy) is 3. The minimum absolute atomic E-state index is 0.0189. The van der Waals surface area contributed by atoms with Gasteiger partial charge >= 0.3 is 0 Å². The Hall–Kier alpha value is -1.50. The summed E-state index contributed by atoms with van der Waals surface area (Å²) in [4.78, 5) is 12.7. The van der Waals surface area contributed by atoms with Crippen molar-refractivity contribution in [2.75, 3.05) is 27.4 Å². The van der Waals surface area contributed by atoms with Crippen LogP contribution in [0.15, 0.2) is 35.8 Å². The highest BCUT2D eigenvalue weighted by atomic mass is 19.1. The molecule has 0 aromatic carbocycles. The maximum absolute atomic E-state index is 13.8. The number of hydrogen-bond donors (Lipinski definition) is 0. The number of carbonyl (C=O) groups is 1. The zero-order valence-corrected chi connectivity index (χ0v) is 18.2. The van der Waals surface area contributed by atoms with Crippen molar-refractivity contribution in [1.82, 2.24) is 4.90 Å². The van der Waals surface area contributed by atoms with Crippen LogP contribution < -0.4 is 0 Å². The highest BCUT2D eigenvalue weighted by Crippen LogP contribution is 2.36. The Balaban J connectivity index is 0.000000568. The number of allylic oxidation sites excluding steroid dienone is 2. The molecule has 0 radical (unpaired) electrons. The zero-order valence-electron chi connectivity index (χ0n) is 18.2. The van der Waals surface area contributed by atoms with E-state index in [-0.39, 0.29) is 24.1 Å². The number of piperidine rings is 1. The highest BCUT2D eigenvalue weighted by Gasteiger charge is 2.41. The molecule has 1 aliphatic carbocycles. The van der Waals surface area contributed by atoms with Gasteiger partial charge < -0.3 is 19.1 Å². The van der Waals surface area contributed by atoms with Crippen LogP contribution in [0.2, 0.25) is 0 Å². The molecular formula is C22H36FNO4. The maximum Gasteiger partial charge on any atom is 0.214 e. The van der Waals surface area contributed by atoms with Crippen molar-refractivity contribution < 1.29 is 23.4 Å². The smallest absolute Gasteiger partial charge is 0.214 e. The van der Waals surface area contributed by atoms with Gasteiger partial charge in [-0.05, 0) is 40.5 Å². The lowest BCUT2D eigenvalue weighted by Crippen LogP contribution is -2.51. The van der Waals surface area contributed by atoms with Crippen molar-refractivity contribution in [3.8, 4) is 0 Å². The summed E-state index contributed by atoms with van der Waals surface area (Å²) in [6, 6.07) is -0.0189. The molecule has 0 aromatic rings. The number of rotatable bonds is 6. The number of halogens is 1. The SMILES string of the molecule is C=C1CC(COC)(OCC2=C(F)CCC=C2)CC(C)N1C=O.COC(C)(C)C. The molecule has 0 spiro atoms. The number of amides is 1. The highest BCUT2D eigenvalue weighted by molar-refractivity contribution is 5.52. The molecule has 1 saturated heterocycles. The maximum atomic E-state index is 13.8. The van der Waals surface area contributed by atoms with Crippen molar-refractivity contribution >= 4 is 6.41 Å². The van der Waals surface area contributed by atoms with Crippen LogP contribution >= 0.6 is 0 Å². The number of methoxy groups -OCH3 is 2. The fourth-order valence-corrected chi connectivity index (χ4v) is 3.23. The van der Waals surface area contributed by atoms with Gasteiger partial charge in [0.15, 0.2) is 0 Å². The van der Waals surface area contributed by atoms with Gasteiger partial charge in [-0.15, -0.1) is 0 Å². The molecule has 0 N–H and O–H groups in total.